The van der Waals surface area contributed by atoms with Crippen LogP contribution < -0.4 is 5.01 Å². The quantitative estimate of drug-likeness (QED) is 0.630. The molecular weight excluding hydrogens is 300 g/mol. The van der Waals surface area contributed by atoms with E-state index in [2.05, 4.69) is 64.9 Å². The first kappa shape index (κ1) is 18.7. The fourth-order valence-corrected chi connectivity index (χ4v) is 2.96. The molecule has 6 nitrogen and oxygen atoms in total. The Hall–Kier alpha value is -1.66. The van der Waals surface area contributed by atoms with Crippen LogP contribution in [0.3, 0.4) is 0 Å². The molecule has 1 heterocycles. The van der Waals surface area contributed by atoms with Crippen LogP contribution in [0.4, 0.5) is 0 Å². The topological polar surface area (TPSA) is 40.4 Å². The average Bonchev–Trinajstić information content (AvgIpc) is 3.05. The van der Waals surface area contributed by atoms with Gasteiger partial charge in [-0.1, -0.05) is 39.8 Å². The van der Waals surface area contributed by atoms with Crippen molar-refractivity contribution in [3.05, 3.63) is 24.3 Å². The normalized spacial score (nSPS) is 11.8. The molecule has 134 valence electrons. The van der Waals surface area contributed by atoms with Gasteiger partial charge in [0.2, 0.25) is 0 Å². The summed E-state index contributed by atoms with van der Waals surface area (Å²) in [5.74, 6) is 0. The lowest BCUT2D eigenvalue weighted by Crippen LogP contribution is -2.46. The van der Waals surface area contributed by atoms with Crippen LogP contribution in [0, 0.1) is 0 Å². The van der Waals surface area contributed by atoms with E-state index in [0.29, 0.717) is 0 Å². The Balaban J connectivity index is 2.14. The molecule has 0 saturated carbocycles. The van der Waals surface area contributed by atoms with Crippen LogP contribution in [0.25, 0.3) is 11.0 Å². The second-order valence-corrected chi connectivity index (χ2v) is 5.98. The van der Waals surface area contributed by atoms with Crippen molar-refractivity contribution in [3.63, 3.8) is 0 Å². The molecule has 0 fully saturated rings. The van der Waals surface area contributed by atoms with Gasteiger partial charge in [-0.05, 0) is 43.5 Å². The molecule has 0 radical (unpaired) electrons. The molecular formula is C18H32N6. The molecule has 0 unspecified atom stereocenters. The van der Waals surface area contributed by atoms with Gasteiger partial charge in [-0.15, -0.1) is 5.10 Å². The summed E-state index contributed by atoms with van der Waals surface area (Å²) in [5.41, 5.74) is 2.03. The number of rotatable bonds is 11. The Labute approximate surface area is 146 Å². The molecule has 0 amide bonds. The Morgan fingerprint density at radius 1 is 0.792 bits per heavy atom. The van der Waals surface area contributed by atoms with Gasteiger partial charge in [-0.2, -0.15) is 4.79 Å². The fourth-order valence-electron chi connectivity index (χ4n) is 2.96. The molecule has 0 aliphatic rings. The van der Waals surface area contributed by atoms with E-state index in [1.165, 1.54) is 0 Å². The highest BCUT2D eigenvalue weighted by molar-refractivity contribution is 5.74. The van der Waals surface area contributed by atoms with E-state index in [-0.39, 0.29) is 0 Å². The van der Waals surface area contributed by atoms with Crippen molar-refractivity contribution in [2.45, 2.75) is 27.7 Å². The van der Waals surface area contributed by atoms with Crippen molar-refractivity contribution < 1.29 is 0 Å². The monoisotopic (exact) mass is 332 g/mol. The zero-order chi connectivity index (χ0) is 17.4. The molecule has 2 aromatic rings. The number of para-hydroxylation sites is 1. The second-order valence-electron chi connectivity index (χ2n) is 5.98. The number of benzene rings is 1. The van der Waals surface area contributed by atoms with E-state index in [0.717, 1.165) is 63.4 Å². The van der Waals surface area contributed by atoms with Crippen molar-refractivity contribution in [1.82, 2.24) is 24.9 Å². The molecule has 0 bridgehead atoms. The first-order valence-corrected chi connectivity index (χ1v) is 9.23. The number of aromatic nitrogens is 3. The standard InChI is InChI=1S/C18H32N6/c1-5-21(6-2)13-15-23(16-14-22(7-3)8-4)24-18-12-10-9-11-17(18)19-20-24/h9-12H,5-8,13-16H2,1-4H3. The van der Waals surface area contributed by atoms with Gasteiger partial charge in [0.1, 0.15) is 11.0 Å². The van der Waals surface area contributed by atoms with Gasteiger partial charge in [0.05, 0.1) is 0 Å². The minimum atomic E-state index is 0.952. The molecule has 0 saturated heterocycles. The summed E-state index contributed by atoms with van der Waals surface area (Å²) in [6, 6.07) is 8.18. The lowest BCUT2D eigenvalue weighted by molar-refractivity contribution is 0.278. The maximum absolute atomic E-state index is 4.41. The van der Waals surface area contributed by atoms with Crippen LogP contribution in [0.15, 0.2) is 24.3 Å². The Bertz CT molecular complexity index is 572. The van der Waals surface area contributed by atoms with Crippen LogP contribution >= 0.6 is 0 Å². The summed E-state index contributed by atoms with van der Waals surface area (Å²) in [4.78, 5) is 6.88. The van der Waals surface area contributed by atoms with Gasteiger partial charge < -0.3 is 9.80 Å². The van der Waals surface area contributed by atoms with Gasteiger partial charge in [0.25, 0.3) is 0 Å². The number of hydrogen-bond donors (Lipinski definition) is 0. The van der Waals surface area contributed by atoms with Crippen molar-refractivity contribution in [3.8, 4) is 0 Å². The van der Waals surface area contributed by atoms with Crippen molar-refractivity contribution in [2.75, 3.05) is 57.4 Å². The van der Waals surface area contributed by atoms with Crippen molar-refractivity contribution in [2.24, 2.45) is 0 Å². The van der Waals surface area contributed by atoms with E-state index in [1.54, 1.807) is 0 Å². The summed E-state index contributed by atoms with van der Waals surface area (Å²) in [6.07, 6.45) is 0. The molecule has 1 aromatic carbocycles. The third-order valence-electron chi connectivity index (χ3n) is 4.74. The summed E-state index contributed by atoms with van der Waals surface area (Å²) >= 11 is 0. The minimum Gasteiger partial charge on any atom is -0.302 e. The maximum atomic E-state index is 4.41. The zero-order valence-corrected chi connectivity index (χ0v) is 15.6. The van der Waals surface area contributed by atoms with Crippen LogP contribution in [0.5, 0.6) is 0 Å². The predicted molar refractivity (Wildman–Crippen MR) is 101 cm³/mol. The first-order valence-electron chi connectivity index (χ1n) is 9.23. The molecule has 0 aliphatic heterocycles. The number of hydrogen-bond acceptors (Lipinski definition) is 5. The molecule has 0 spiro atoms. The van der Waals surface area contributed by atoms with Crippen LogP contribution in [-0.2, 0) is 0 Å². The third kappa shape index (κ3) is 4.68. The van der Waals surface area contributed by atoms with Crippen LogP contribution in [0.1, 0.15) is 27.7 Å². The summed E-state index contributed by atoms with van der Waals surface area (Å²) in [7, 11) is 0. The van der Waals surface area contributed by atoms with Crippen molar-refractivity contribution in [1.29, 1.82) is 0 Å². The van der Waals surface area contributed by atoms with E-state index in [9.17, 15) is 0 Å². The molecule has 24 heavy (non-hydrogen) atoms. The third-order valence-corrected chi connectivity index (χ3v) is 4.74. The molecule has 0 aliphatic carbocycles. The largest absolute Gasteiger partial charge is 0.302 e. The van der Waals surface area contributed by atoms with E-state index < -0.39 is 0 Å². The van der Waals surface area contributed by atoms with E-state index in [1.807, 2.05) is 16.9 Å². The first-order chi connectivity index (χ1) is 11.7. The van der Waals surface area contributed by atoms with Crippen molar-refractivity contribution >= 4 is 11.0 Å². The average molecular weight is 332 g/mol. The summed E-state index contributed by atoms with van der Waals surface area (Å²) in [6.45, 7) is 17.2. The fraction of sp³-hybridized carbons (Fsp3) is 0.667. The molecule has 6 heteroatoms. The lowest BCUT2D eigenvalue weighted by atomic mass is 10.3. The lowest BCUT2D eigenvalue weighted by Gasteiger charge is -2.30. The van der Waals surface area contributed by atoms with Gasteiger partial charge >= 0.3 is 0 Å². The summed E-state index contributed by atoms with van der Waals surface area (Å²) in [5, 5.41) is 11.1. The smallest absolute Gasteiger partial charge is 0.115 e. The van der Waals surface area contributed by atoms with E-state index >= 15 is 0 Å². The van der Waals surface area contributed by atoms with Gasteiger partial charge in [0.15, 0.2) is 0 Å². The molecule has 2 rings (SSSR count). The maximum Gasteiger partial charge on any atom is 0.115 e. The van der Waals surface area contributed by atoms with E-state index in [4.69, 9.17) is 0 Å². The summed E-state index contributed by atoms with van der Waals surface area (Å²) < 4.78 is 0. The number of likely N-dealkylation sites (N-methyl/N-ethyl adjacent to an activating group) is 2. The Kier molecular flexibility index (Phi) is 7.46. The van der Waals surface area contributed by atoms with Crippen LogP contribution in [0.2, 0.25) is 0 Å². The number of nitrogens with zero attached hydrogens (tertiary/aromatic N) is 6. The zero-order valence-electron chi connectivity index (χ0n) is 15.6. The molecule has 0 atom stereocenters. The van der Waals surface area contributed by atoms with Crippen LogP contribution in [-0.4, -0.2) is 77.3 Å². The SMILES string of the molecule is CCN(CC)CCN(CCN(CC)CC)n1nnc2ccccc21. The Morgan fingerprint density at radius 2 is 1.33 bits per heavy atom. The Morgan fingerprint density at radius 3 is 1.88 bits per heavy atom. The highest BCUT2D eigenvalue weighted by Gasteiger charge is 2.14. The molecule has 0 N–H and O–H groups in total. The van der Waals surface area contributed by atoms with Gasteiger partial charge in [-0.3, -0.25) is 5.01 Å². The minimum absolute atomic E-state index is 0.952. The van der Waals surface area contributed by atoms with Gasteiger partial charge in [0, 0.05) is 26.2 Å². The second kappa shape index (κ2) is 9.59. The highest BCUT2D eigenvalue weighted by Crippen LogP contribution is 2.10. The predicted octanol–water partition coefficient (Wildman–Crippen LogP) is 2.05. The van der Waals surface area contributed by atoms with Gasteiger partial charge in [-0.25, -0.2) is 0 Å². The molecule has 1 aromatic heterocycles. The highest BCUT2D eigenvalue weighted by atomic mass is 15.7. The number of fused-ring (bicyclic) bond motifs is 1.